The molecule has 2 nitrogen and oxygen atoms in total. The van der Waals surface area contributed by atoms with Crippen LogP contribution in [0.3, 0.4) is 0 Å². The summed E-state index contributed by atoms with van der Waals surface area (Å²) in [4.78, 5) is 11.7. The van der Waals surface area contributed by atoms with Gasteiger partial charge < -0.3 is 4.74 Å². The van der Waals surface area contributed by atoms with Crippen LogP contribution in [0.4, 0.5) is 0 Å². The summed E-state index contributed by atoms with van der Waals surface area (Å²) < 4.78 is 5.13. The van der Waals surface area contributed by atoms with Gasteiger partial charge in [-0.05, 0) is 112 Å². The number of carbonyl (C=O) groups is 1. The maximum Gasteiger partial charge on any atom is 0.305 e. The van der Waals surface area contributed by atoms with Gasteiger partial charge in [-0.1, -0.05) is 26.7 Å². The molecule has 7 atom stereocenters. The Hall–Kier alpha value is -0.530. The highest BCUT2D eigenvalue weighted by Crippen LogP contribution is 2.67. The molecule has 154 valence electrons. The minimum Gasteiger partial charge on any atom is -0.466 e. The molecular formula is C25H42O2. The highest BCUT2D eigenvalue weighted by Gasteiger charge is 2.59. The molecule has 0 aromatic heterocycles. The molecule has 0 amide bonds. The van der Waals surface area contributed by atoms with E-state index in [1.54, 1.807) is 0 Å². The van der Waals surface area contributed by atoms with Crippen molar-refractivity contribution >= 4 is 5.97 Å². The van der Waals surface area contributed by atoms with Crippen LogP contribution in [0.5, 0.6) is 0 Å². The summed E-state index contributed by atoms with van der Waals surface area (Å²) in [5, 5.41) is 0. The smallest absolute Gasteiger partial charge is 0.305 e. The van der Waals surface area contributed by atoms with Crippen molar-refractivity contribution in [3.8, 4) is 0 Å². The summed E-state index contributed by atoms with van der Waals surface area (Å²) in [6, 6.07) is 0. The highest BCUT2D eigenvalue weighted by atomic mass is 16.5. The lowest BCUT2D eigenvalue weighted by Crippen LogP contribution is -2.52. The minimum absolute atomic E-state index is 0.00412. The first-order valence-corrected chi connectivity index (χ1v) is 12.1. The van der Waals surface area contributed by atoms with Crippen molar-refractivity contribution in [3.63, 3.8) is 0 Å². The zero-order valence-electron chi connectivity index (χ0n) is 18.1. The zero-order valence-corrected chi connectivity index (χ0v) is 18.1. The molecule has 0 saturated heterocycles. The lowest BCUT2D eigenvalue weighted by molar-refractivity contribution is -0.143. The second-order valence-electron chi connectivity index (χ2n) is 10.9. The number of hydrogen-bond donors (Lipinski definition) is 0. The van der Waals surface area contributed by atoms with Crippen LogP contribution < -0.4 is 0 Å². The Morgan fingerprint density at radius 2 is 1.74 bits per heavy atom. The topological polar surface area (TPSA) is 26.3 Å². The van der Waals surface area contributed by atoms with Crippen LogP contribution >= 0.6 is 0 Å². The van der Waals surface area contributed by atoms with E-state index < -0.39 is 0 Å². The van der Waals surface area contributed by atoms with Crippen LogP contribution in [0.15, 0.2) is 0 Å². The summed E-state index contributed by atoms with van der Waals surface area (Å²) in [6.45, 7) is 7.73. The van der Waals surface area contributed by atoms with Crippen LogP contribution in [0.25, 0.3) is 0 Å². The Morgan fingerprint density at radius 1 is 0.926 bits per heavy atom. The second kappa shape index (κ2) is 7.71. The van der Waals surface area contributed by atoms with Crippen molar-refractivity contribution in [3.05, 3.63) is 0 Å². The van der Waals surface area contributed by atoms with Gasteiger partial charge in [0.15, 0.2) is 0 Å². The standard InChI is InChI=1S/C25H42O2/c1-4-27-23(26)10-7-9-19-12-14-21-20-13-11-18-8-5-6-16-24(18,2)22(20)15-17-25(19,21)3/h18-22H,4-17H2,1-3H3. The van der Waals surface area contributed by atoms with Crippen molar-refractivity contribution in [1.82, 2.24) is 0 Å². The monoisotopic (exact) mass is 374 g/mol. The molecule has 4 saturated carbocycles. The third-order valence-corrected chi connectivity index (χ3v) is 10.0. The summed E-state index contributed by atoms with van der Waals surface area (Å²) >= 11 is 0. The van der Waals surface area contributed by atoms with E-state index in [1.807, 2.05) is 6.92 Å². The van der Waals surface area contributed by atoms with Gasteiger partial charge in [0.1, 0.15) is 0 Å². The van der Waals surface area contributed by atoms with Crippen LogP contribution in [0.1, 0.15) is 104 Å². The molecule has 0 N–H and O–H groups in total. The summed E-state index contributed by atoms with van der Waals surface area (Å²) in [7, 11) is 0. The second-order valence-corrected chi connectivity index (χ2v) is 10.9. The van der Waals surface area contributed by atoms with Crippen LogP contribution in [-0.4, -0.2) is 12.6 Å². The van der Waals surface area contributed by atoms with E-state index >= 15 is 0 Å². The van der Waals surface area contributed by atoms with Gasteiger partial charge in [-0.3, -0.25) is 4.79 Å². The normalized spacial score (nSPS) is 46.3. The Labute approximate surface area is 167 Å². The highest BCUT2D eigenvalue weighted by molar-refractivity contribution is 5.69. The van der Waals surface area contributed by atoms with Gasteiger partial charge in [0, 0.05) is 6.42 Å². The van der Waals surface area contributed by atoms with E-state index in [1.165, 1.54) is 70.6 Å². The third-order valence-electron chi connectivity index (χ3n) is 10.0. The molecular weight excluding hydrogens is 332 g/mol. The van der Waals surface area contributed by atoms with E-state index in [9.17, 15) is 4.79 Å². The molecule has 0 radical (unpaired) electrons. The molecule has 0 bridgehead atoms. The van der Waals surface area contributed by atoms with E-state index in [2.05, 4.69) is 13.8 Å². The van der Waals surface area contributed by atoms with Crippen molar-refractivity contribution < 1.29 is 9.53 Å². The molecule has 4 rings (SSSR count). The molecule has 0 aliphatic heterocycles. The lowest BCUT2D eigenvalue weighted by Gasteiger charge is -2.60. The summed E-state index contributed by atoms with van der Waals surface area (Å²) in [5.41, 5.74) is 1.21. The molecule has 0 heterocycles. The zero-order chi connectivity index (χ0) is 19.1. The first kappa shape index (κ1) is 19.8. The van der Waals surface area contributed by atoms with Crippen molar-refractivity contribution in [2.75, 3.05) is 6.61 Å². The van der Waals surface area contributed by atoms with Gasteiger partial charge in [0.25, 0.3) is 0 Å². The molecule has 4 aliphatic carbocycles. The molecule has 4 aliphatic rings. The fourth-order valence-electron chi connectivity index (χ4n) is 8.60. The summed E-state index contributed by atoms with van der Waals surface area (Å²) in [5.74, 6) is 4.84. The van der Waals surface area contributed by atoms with Gasteiger partial charge in [0.05, 0.1) is 6.61 Å². The summed E-state index contributed by atoms with van der Waals surface area (Å²) in [6.07, 6.45) is 17.7. The number of rotatable bonds is 5. The number of carbonyl (C=O) groups excluding carboxylic acids is 1. The number of ether oxygens (including phenoxy) is 1. The largest absolute Gasteiger partial charge is 0.466 e. The maximum atomic E-state index is 11.7. The Bertz CT molecular complexity index is 542. The van der Waals surface area contributed by atoms with Gasteiger partial charge in [-0.2, -0.15) is 0 Å². The van der Waals surface area contributed by atoms with E-state index in [0.717, 1.165) is 36.0 Å². The van der Waals surface area contributed by atoms with E-state index in [0.29, 0.717) is 23.9 Å². The minimum atomic E-state index is 0.00412. The Kier molecular flexibility index (Phi) is 5.65. The van der Waals surface area contributed by atoms with E-state index in [-0.39, 0.29) is 5.97 Å². The van der Waals surface area contributed by atoms with Gasteiger partial charge in [-0.25, -0.2) is 0 Å². The van der Waals surface area contributed by atoms with Crippen LogP contribution in [0, 0.1) is 40.4 Å². The van der Waals surface area contributed by atoms with Gasteiger partial charge in [0.2, 0.25) is 0 Å². The SMILES string of the molecule is CCOC(=O)CCCC1CCC2C3CCC4CCCCC4(C)C3CCC12C. The van der Waals surface area contributed by atoms with Gasteiger partial charge >= 0.3 is 5.97 Å². The predicted molar refractivity (Wildman–Crippen MR) is 110 cm³/mol. The van der Waals surface area contributed by atoms with E-state index in [4.69, 9.17) is 4.74 Å². The molecule has 4 fully saturated rings. The van der Waals surface area contributed by atoms with Crippen molar-refractivity contribution in [2.45, 2.75) is 104 Å². The number of fused-ring (bicyclic) bond motifs is 5. The van der Waals surface area contributed by atoms with Crippen molar-refractivity contribution in [2.24, 2.45) is 40.4 Å². The predicted octanol–water partition coefficient (Wildman–Crippen LogP) is 6.77. The lowest BCUT2D eigenvalue weighted by atomic mass is 9.45. The van der Waals surface area contributed by atoms with Gasteiger partial charge in [-0.15, -0.1) is 0 Å². The molecule has 2 heteroatoms. The average molecular weight is 375 g/mol. The molecule has 27 heavy (non-hydrogen) atoms. The van der Waals surface area contributed by atoms with Crippen molar-refractivity contribution in [1.29, 1.82) is 0 Å². The maximum absolute atomic E-state index is 11.7. The number of hydrogen-bond acceptors (Lipinski definition) is 2. The van der Waals surface area contributed by atoms with Crippen LogP contribution in [-0.2, 0) is 9.53 Å². The third kappa shape index (κ3) is 3.38. The fourth-order valence-corrected chi connectivity index (χ4v) is 8.60. The number of esters is 1. The molecule has 7 unspecified atom stereocenters. The Balaban J connectivity index is 1.41. The molecule has 0 aromatic rings. The first-order valence-electron chi connectivity index (χ1n) is 12.1. The molecule has 0 aromatic carbocycles. The quantitative estimate of drug-likeness (QED) is 0.496. The first-order chi connectivity index (χ1) is 13.0. The fraction of sp³-hybridized carbons (Fsp3) is 0.960. The average Bonchev–Trinajstić information content (AvgIpc) is 2.98. The Morgan fingerprint density at radius 3 is 2.56 bits per heavy atom. The molecule has 0 spiro atoms. The van der Waals surface area contributed by atoms with Crippen LogP contribution in [0.2, 0.25) is 0 Å².